The molecule has 1 aliphatic carbocycles. The molecular weight excluding hydrogens is 370 g/mol. The molecule has 27 heavy (non-hydrogen) atoms. The zero-order chi connectivity index (χ0) is 19.9. The predicted molar refractivity (Wildman–Crippen MR) is 100 cm³/mol. The Morgan fingerprint density at radius 3 is 2.33 bits per heavy atom. The van der Waals surface area contributed by atoms with E-state index in [1.165, 1.54) is 0 Å². The van der Waals surface area contributed by atoms with Gasteiger partial charge in [-0.2, -0.15) is 8.42 Å². The van der Waals surface area contributed by atoms with Crippen molar-refractivity contribution in [2.24, 2.45) is 0 Å². The minimum Gasteiger partial charge on any atom is -0.422 e. The Balaban J connectivity index is 2.26. The summed E-state index contributed by atoms with van der Waals surface area (Å²) >= 11 is 0. The molecule has 1 N–H and O–H groups in total. The number of hydrogen-bond acceptors (Lipinski definition) is 6. The van der Waals surface area contributed by atoms with Crippen LogP contribution in [-0.4, -0.2) is 38.4 Å². The van der Waals surface area contributed by atoms with Gasteiger partial charge in [-0.15, -0.1) is 0 Å². The molecule has 1 saturated carbocycles. The lowest BCUT2D eigenvalue weighted by molar-refractivity contribution is -0.202. The number of ether oxygens (including phenoxy) is 1. The van der Waals surface area contributed by atoms with Gasteiger partial charge < -0.3 is 10.1 Å². The first-order valence-corrected chi connectivity index (χ1v) is 11.0. The second kappa shape index (κ2) is 9.32. The summed E-state index contributed by atoms with van der Waals surface area (Å²) in [5.41, 5.74) is 0.872. The average Bonchev–Trinajstić information content (AvgIpc) is 2.59. The molecule has 1 aliphatic rings. The molecule has 2 rings (SSSR count). The Hall–Kier alpha value is -1.93. The van der Waals surface area contributed by atoms with Gasteiger partial charge in [0.2, 0.25) is 0 Å². The van der Waals surface area contributed by atoms with Crippen molar-refractivity contribution in [3.63, 3.8) is 0 Å². The van der Waals surface area contributed by atoms with E-state index in [1.54, 1.807) is 0 Å². The number of carbonyl (C=O) groups is 2. The molecule has 1 amide bonds. The largest absolute Gasteiger partial charge is 0.422 e. The number of nitrogens with one attached hydrogen (secondary N) is 1. The van der Waals surface area contributed by atoms with Crippen molar-refractivity contribution >= 4 is 22.0 Å². The average molecular weight is 397 g/mol. The van der Waals surface area contributed by atoms with Gasteiger partial charge in [0.15, 0.2) is 0 Å². The van der Waals surface area contributed by atoms with Crippen molar-refractivity contribution in [2.75, 3.05) is 6.26 Å². The Labute approximate surface area is 160 Å². The second-order valence-electron chi connectivity index (χ2n) is 6.93. The monoisotopic (exact) mass is 397 g/mol. The summed E-state index contributed by atoms with van der Waals surface area (Å²) < 4.78 is 34.0. The molecule has 7 nitrogen and oxygen atoms in total. The molecule has 1 aromatic carbocycles. The van der Waals surface area contributed by atoms with Crippen molar-refractivity contribution in [1.29, 1.82) is 0 Å². The topological polar surface area (TPSA) is 98.8 Å². The first kappa shape index (κ1) is 21.4. The van der Waals surface area contributed by atoms with E-state index in [0.29, 0.717) is 6.42 Å². The molecule has 0 bridgehead atoms. The summed E-state index contributed by atoms with van der Waals surface area (Å²) in [6.07, 6.45) is 5.73. The van der Waals surface area contributed by atoms with E-state index in [9.17, 15) is 18.0 Å². The van der Waals surface area contributed by atoms with Crippen LogP contribution in [0.1, 0.15) is 51.0 Å². The molecule has 1 aromatic rings. The van der Waals surface area contributed by atoms with E-state index < -0.39 is 27.8 Å². The molecule has 150 valence electrons. The van der Waals surface area contributed by atoms with Gasteiger partial charge in [-0.1, -0.05) is 49.6 Å². The lowest BCUT2D eigenvalue weighted by Crippen LogP contribution is -2.55. The van der Waals surface area contributed by atoms with Crippen molar-refractivity contribution in [3.05, 3.63) is 35.9 Å². The molecule has 1 atom stereocenters. The lowest BCUT2D eigenvalue weighted by Gasteiger charge is -2.33. The van der Waals surface area contributed by atoms with Gasteiger partial charge >= 0.3 is 11.8 Å². The molecule has 0 aromatic heterocycles. The first-order valence-electron chi connectivity index (χ1n) is 9.15. The van der Waals surface area contributed by atoms with Gasteiger partial charge in [-0.05, 0) is 24.8 Å². The fourth-order valence-corrected chi connectivity index (χ4v) is 3.96. The summed E-state index contributed by atoms with van der Waals surface area (Å²) in [6, 6.07) is 9.13. The lowest BCUT2D eigenvalue weighted by atomic mass is 9.95. The van der Waals surface area contributed by atoms with Crippen LogP contribution >= 0.6 is 0 Å². The Morgan fingerprint density at radius 2 is 1.78 bits per heavy atom. The zero-order valence-electron chi connectivity index (χ0n) is 15.8. The molecular formula is C19H27NO6S. The van der Waals surface area contributed by atoms with Gasteiger partial charge in [0, 0.05) is 19.4 Å². The van der Waals surface area contributed by atoms with Crippen molar-refractivity contribution in [1.82, 2.24) is 5.32 Å². The van der Waals surface area contributed by atoms with E-state index >= 15 is 0 Å². The Bertz CT molecular complexity index is 743. The SMILES string of the molecule is CC(=O)OC(CCc1ccccc1)(OS(C)(=O)=O)C(=O)NC1CCCCC1. The maximum atomic E-state index is 13.0. The van der Waals surface area contributed by atoms with Gasteiger partial charge in [0.1, 0.15) is 0 Å². The summed E-state index contributed by atoms with van der Waals surface area (Å²) in [7, 11) is -4.06. The zero-order valence-corrected chi connectivity index (χ0v) is 16.6. The number of rotatable bonds is 8. The highest BCUT2D eigenvalue weighted by molar-refractivity contribution is 7.86. The van der Waals surface area contributed by atoms with Crippen molar-refractivity contribution in [2.45, 2.75) is 63.7 Å². The molecule has 0 heterocycles. The van der Waals surface area contributed by atoms with Crippen LogP contribution in [0.3, 0.4) is 0 Å². The van der Waals surface area contributed by atoms with Crippen molar-refractivity contribution in [3.8, 4) is 0 Å². The van der Waals surface area contributed by atoms with Crippen LogP contribution in [0, 0.1) is 0 Å². The van der Waals surface area contributed by atoms with Crippen LogP contribution < -0.4 is 5.32 Å². The molecule has 8 heteroatoms. The van der Waals surface area contributed by atoms with Crippen LogP contribution in [0.4, 0.5) is 0 Å². The molecule has 0 aliphatic heterocycles. The van der Waals surface area contributed by atoms with E-state index in [2.05, 4.69) is 5.32 Å². The van der Waals surface area contributed by atoms with Crippen LogP contribution in [0.15, 0.2) is 30.3 Å². The number of benzene rings is 1. The fraction of sp³-hybridized carbons (Fsp3) is 0.579. The third kappa shape index (κ3) is 6.95. The number of hydrogen-bond donors (Lipinski definition) is 1. The number of esters is 1. The maximum Gasteiger partial charge on any atom is 0.308 e. The maximum absolute atomic E-state index is 13.0. The van der Waals surface area contributed by atoms with E-state index in [4.69, 9.17) is 8.92 Å². The molecule has 0 radical (unpaired) electrons. The van der Waals surface area contributed by atoms with Gasteiger partial charge in [0.25, 0.3) is 16.0 Å². The van der Waals surface area contributed by atoms with E-state index in [-0.39, 0.29) is 12.5 Å². The number of carbonyl (C=O) groups excluding carboxylic acids is 2. The minimum atomic E-state index is -4.06. The predicted octanol–water partition coefficient (Wildman–Crippen LogP) is 2.30. The van der Waals surface area contributed by atoms with E-state index in [1.807, 2.05) is 30.3 Å². The molecule has 1 fully saturated rings. The van der Waals surface area contributed by atoms with Gasteiger partial charge in [-0.25, -0.2) is 4.18 Å². The Kier molecular flexibility index (Phi) is 7.38. The third-order valence-corrected chi connectivity index (χ3v) is 5.04. The highest BCUT2D eigenvalue weighted by Crippen LogP contribution is 2.26. The highest BCUT2D eigenvalue weighted by atomic mass is 32.2. The van der Waals surface area contributed by atoms with Gasteiger partial charge in [0.05, 0.1) is 6.26 Å². The first-order chi connectivity index (χ1) is 12.7. The highest BCUT2D eigenvalue weighted by Gasteiger charge is 2.47. The summed E-state index contributed by atoms with van der Waals surface area (Å²) in [5, 5.41) is 2.82. The normalized spacial score (nSPS) is 17.7. The minimum absolute atomic E-state index is 0.0823. The number of amides is 1. The van der Waals surface area contributed by atoms with Crippen LogP contribution in [0.5, 0.6) is 0 Å². The van der Waals surface area contributed by atoms with Gasteiger partial charge in [-0.3, -0.25) is 9.59 Å². The molecule has 0 saturated heterocycles. The Morgan fingerprint density at radius 1 is 1.15 bits per heavy atom. The summed E-state index contributed by atoms with van der Waals surface area (Å²) in [6.45, 7) is 1.12. The summed E-state index contributed by atoms with van der Waals surface area (Å²) in [4.78, 5) is 24.7. The second-order valence-corrected chi connectivity index (χ2v) is 8.50. The standard InChI is InChI=1S/C19H27NO6S/c1-15(21)25-19(26-27(2,23)24,14-13-16-9-5-3-6-10-16)18(22)20-17-11-7-4-8-12-17/h3,5-6,9-10,17H,4,7-8,11-14H2,1-2H3,(H,20,22). The van der Waals surface area contributed by atoms with Crippen LogP contribution in [0.25, 0.3) is 0 Å². The smallest absolute Gasteiger partial charge is 0.308 e. The molecule has 0 spiro atoms. The van der Waals surface area contributed by atoms with E-state index in [0.717, 1.165) is 50.8 Å². The third-order valence-electron chi connectivity index (χ3n) is 4.47. The molecule has 1 unspecified atom stereocenters. The van der Waals surface area contributed by atoms with Crippen molar-refractivity contribution < 1.29 is 26.9 Å². The van der Waals surface area contributed by atoms with Crippen LogP contribution in [0.2, 0.25) is 0 Å². The quantitative estimate of drug-likeness (QED) is 0.411. The van der Waals surface area contributed by atoms with Crippen LogP contribution in [-0.2, 0) is 35.0 Å². The summed E-state index contributed by atoms with van der Waals surface area (Å²) in [5.74, 6) is -3.73. The fourth-order valence-electron chi connectivity index (χ4n) is 3.28. The number of aryl methyl sites for hydroxylation is 1.